The van der Waals surface area contributed by atoms with Crippen molar-refractivity contribution >= 4 is 5.97 Å². The topological polar surface area (TPSA) is 57.2 Å². The molecule has 7 aliphatic rings. The Balaban J connectivity index is 1.22. The SMILES string of the molecule is CC(C)C1=CC2CC3(C4OCCO4)[C@@H]4CC[C@@H](C)[C@H]4CC2(C2CC(CCCF)C(CN4CCCCC4)O2)C13C(=O)OC(c1ccccc1)c1ccccc1. The summed E-state index contributed by atoms with van der Waals surface area (Å²) in [6, 6.07) is 20.5. The molecule has 3 heterocycles. The molecule has 2 aromatic carbocycles. The second-order valence-electron chi connectivity index (χ2n) is 18.5. The van der Waals surface area contributed by atoms with E-state index in [-0.39, 0.29) is 48.5 Å². The summed E-state index contributed by atoms with van der Waals surface area (Å²) in [7, 11) is 0. The second kappa shape index (κ2) is 14.7. The summed E-state index contributed by atoms with van der Waals surface area (Å²) in [5, 5.41) is 0. The van der Waals surface area contributed by atoms with Crippen LogP contribution in [0, 0.1) is 51.8 Å². The van der Waals surface area contributed by atoms with Crippen LogP contribution in [0.15, 0.2) is 72.3 Å². The Morgan fingerprint density at radius 2 is 1.61 bits per heavy atom. The Hall–Kier alpha value is -2.58. The molecule has 4 aliphatic carbocycles. The van der Waals surface area contributed by atoms with Crippen molar-refractivity contribution in [3.05, 3.63) is 83.4 Å². The third-order valence-corrected chi connectivity index (χ3v) is 15.8. The Bertz CT molecular complexity index is 1620. The van der Waals surface area contributed by atoms with Gasteiger partial charge in [0.1, 0.15) is 5.41 Å². The number of halogens is 1. The number of ether oxygens (including phenoxy) is 4. The number of likely N-dealkylation sites (tertiary alicyclic amines) is 1. The van der Waals surface area contributed by atoms with Crippen molar-refractivity contribution in [3.8, 4) is 0 Å². The molecule has 0 spiro atoms. The lowest BCUT2D eigenvalue weighted by Gasteiger charge is -2.63. The summed E-state index contributed by atoms with van der Waals surface area (Å²) in [4.78, 5) is 19.1. The minimum atomic E-state index is -0.990. The molecule has 7 unspecified atom stereocenters. The Kier molecular flexibility index (Phi) is 10.1. The molecule has 0 amide bonds. The number of rotatable bonds is 12. The van der Waals surface area contributed by atoms with E-state index < -0.39 is 28.6 Å². The van der Waals surface area contributed by atoms with Gasteiger partial charge in [-0.2, -0.15) is 0 Å². The molecule has 0 aromatic heterocycles. The Morgan fingerprint density at radius 1 is 0.926 bits per heavy atom. The summed E-state index contributed by atoms with van der Waals surface area (Å²) in [6.45, 7) is 10.9. The lowest BCUT2D eigenvalue weighted by molar-refractivity contribution is -0.256. The van der Waals surface area contributed by atoms with Gasteiger partial charge >= 0.3 is 5.97 Å². The summed E-state index contributed by atoms with van der Waals surface area (Å²) >= 11 is 0. The monoisotopic (exact) mass is 739 g/mol. The number of fused-ring (bicyclic) bond motifs is 2. The van der Waals surface area contributed by atoms with E-state index >= 15 is 4.79 Å². The first-order valence-electron chi connectivity index (χ1n) is 21.5. The van der Waals surface area contributed by atoms with Gasteiger partial charge in [0, 0.05) is 17.4 Å². The van der Waals surface area contributed by atoms with Crippen LogP contribution in [0.25, 0.3) is 0 Å². The second-order valence-corrected chi connectivity index (χ2v) is 18.5. The van der Waals surface area contributed by atoms with Crippen LogP contribution in [0.5, 0.6) is 0 Å². The lowest BCUT2D eigenvalue weighted by atomic mass is 9.40. The van der Waals surface area contributed by atoms with Crippen molar-refractivity contribution in [2.24, 2.45) is 51.8 Å². The molecule has 3 aliphatic heterocycles. The van der Waals surface area contributed by atoms with Gasteiger partial charge in [0.2, 0.25) is 0 Å². The van der Waals surface area contributed by atoms with Gasteiger partial charge in [-0.3, -0.25) is 9.18 Å². The van der Waals surface area contributed by atoms with Crippen molar-refractivity contribution in [2.75, 3.05) is 39.5 Å². The van der Waals surface area contributed by atoms with Crippen molar-refractivity contribution in [3.63, 3.8) is 0 Å². The van der Waals surface area contributed by atoms with Crippen molar-refractivity contribution in [1.29, 1.82) is 0 Å². The van der Waals surface area contributed by atoms with Crippen LogP contribution in [0.4, 0.5) is 4.39 Å². The molecule has 292 valence electrons. The van der Waals surface area contributed by atoms with E-state index in [1.54, 1.807) is 0 Å². The van der Waals surface area contributed by atoms with Gasteiger partial charge in [-0.05, 0) is 111 Å². The molecule has 0 N–H and O–H groups in total. The van der Waals surface area contributed by atoms with Crippen LogP contribution in [0.1, 0.15) is 102 Å². The number of hydrogen-bond donors (Lipinski definition) is 0. The third kappa shape index (κ3) is 5.48. The molecular formula is C47H62FNO5. The van der Waals surface area contributed by atoms with E-state index in [4.69, 9.17) is 18.9 Å². The molecule has 4 bridgehead atoms. The maximum absolute atomic E-state index is 16.5. The van der Waals surface area contributed by atoms with Gasteiger partial charge in [0.05, 0.1) is 32.1 Å². The number of carbonyl (C=O) groups excluding carboxylic acids is 1. The molecular weight excluding hydrogens is 678 g/mol. The lowest BCUT2D eigenvalue weighted by Crippen LogP contribution is -2.68. The molecule has 54 heavy (non-hydrogen) atoms. The van der Waals surface area contributed by atoms with Gasteiger partial charge in [-0.1, -0.05) is 106 Å². The number of esters is 1. The normalized spacial score (nSPS) is 39.1. The first-order valence-corrected chi connectivity index (χ1v) is 21.5. The van der Waals surface area contributed by atoms with Gasteiger partial charge in [-0.25, -0.2) is 0 Å². The smallest absolute Gasteiger partial charge is 0.318 e. The molecule has 6 fully saturated rings. The summed E-state index contributed by atoms with van der Waals surface area (Å²) in [5.74, 6) is 1.66. The number of allylic oxidation sites excluding steroid dienone is 1. The van der Waals surface area contributed by atoms with E-state index in [0.29, 0.717) is 31.5 Å². The Morgan fingerprint density at radius 3 is 2.26 bits per heavy atom. The molecule has 0 radical (unpaired) electrons. The van der Waals surface area contributed by atoms with E-state index in [9.17, 15) is 4.39 Å². The molecule has 3 saturated heterocycles. The van der Waals surface area contributed by atoms with Crippen molar-refractivity contribution in [2.45, 2.75) is 110 Å². The fourth-order valence-electron chi connectivity index (χ4n) is 13.9. The van der Waals surface area contributed by atoms with E-state index in [2.05, 4.69) is 56.0 Å². The van der Waals surface area contributed by atoms with Crippen LogP contribution in [0.2, 0.25) is 0 Å². The third-order valence-electron chi connectivity index (χ3n) is 15.8. The minimum absolute atomic E-state index is 0.0260. The zero-order chi connectivity index (χ0) is 37.1. The number of alkyl halides is 1. The molecule has 10 atom stereocenters. The number of nitrogens with zero attached hydrogens (tertiary/aromatic N) is 1. The molecule has 3 saturated carbocycles. The summed E-state index contributed by atoms with van der Waals surface area (Å²) < 4.78 is 42.2. The van der Waals surface area contributed by atoms with Gasteiger partial charge in [-0.15, -0.1) is 0 Å². The molecule has 9 rings (SSSR count). The molecule has 7 heteroatoms. The van der Waals surface area contributed by atoms with Crippen LogP contribution in [-0.4, -0.2) is 68.9 Å². The fraction of sp³-hybridized carbons (Fsp3) is 0.681. The first kappa shape index (κ1) is 37.0. The van der Waals surface area contributed by atoms with Crippen LogP contribution in [0.3, 0.4) is 0 Å². The van der Waals surface area contributed by atoms with Crippen molar-refractivity contribution < 1.29 is 28.1 Å². The number of carbonyl (C=O) groups is 1. The first-order chi connectivity index (χ1) is 26.3. The number of piperidine rings is 1. The standard InChI is InChI=1S/C47H62FNO5/c1-31(2)39-27-36-28-46(44-51-24-25-52-44)38-20-19-32(3)37(38)29-45(36,41-26-35(18-13-21-48)40(53-41)30-49-22-11-6-12-23-49)47(39,46)43(50)54-42(33-14-7-4-8-15-33)34-16-9-5-10-17-34/h4-5,7-10,14-17,27,31-32,35-38,40-42,44H,6,11-13,18-26,28-30H2,1-3H3/t32-,35?,36?,37-,38-,40?,41?,45?,46?,47?/m1/s1. The maximum Gasteiger partial charge on any atom is 0.318 e. The van der Waals surface area contributed by atoms with E-state index in [1.165, 1.54) is 24.8 Å². The minimum Gasteiger partial charge on any atom is -0.452 e. The van der Waals surface area contributed by atoms with Crippen molar-refractivity contribution in [1.82, 2.24) is 4.90 Å². The van der Waals surface area contributed by atoms with Crippen LogP contribution < -0.4 is 0 Å². The van der Waals surface area contributed by atoms with Crippen LogP contribution >= 0.6 is 0 Å². The average Bonchev–Trinajstić information content (AvgIpc) is 4.03. The number of hydrogen-bond acceptors (Lipinski definition) is 6. The summed E-state index contributed by atoms with van der Waals surface area (Å²) in [5.41, 5.74) is 1.07. The predicted octanol–water partition coefficient (Wildman–Crippen LogP) is 9.34. The largest absolute Gasteiger partial charge is 0.452 e. The predicted molar refractivity (Wildman–Crippen MR) is 207 cm³/mol. The fourth-order valence-corrected chi connectivity index (χ4v) is 13.9. The highest BCUT2D eigenvalue weighted by atomic mass is 19.1. The highest BCUT2D eigenvalue weighted by Gasteiger charge is 2.88. The quantitative estimate of drug-likeness (QED) is 0.160. The highest BCUT2D eigenvalue weighted by Crippen LogP contribution is 2.86. The van der Waals surface area contributed by atoms with Gasteiger partial charge in [0.25, 0.3) is 0 Å². The Labute approximate surface area is 322 Å². The van der Waals surface area contributed by atoms with E-state index in [0.717, 1.165) is 69.3 Å². The molecule has 6 nitrogen and oxygen atoms in total. The zero-order valence-electron chi connectivity index (χ0n) is 32.8. The maximum atomic E-state index is 16.5. The summed E-state index contributed by atoms with van der Waals surface area (Å²) in [6.07, 6.45) is 11.3. The van der Waals surface area contributed by atoms with Gasteiger partial charge in [0.15, 0.2) is 12.4 Å². The van der Waals surface area contributed by atoms with Crippen LogP contribution in [-0.2, 0) is 23.7 Å². The average molecular weight is 740 g/mol. The van der Waals surface area contributed by atoms with E-state index in [1.807, 2.05) is 36.4 Å². The number of benzene rings is 2. The zero-order valence-corrected chi connectivity index (χ0v) is 32.8. The van der Waals surface area contributed by atoms with Gasteiger partial charge < -0.3 is 23.8 Å². The molecule has 2 aromatic rings. The highest BCUT2D eigenvalue weighted by molar-refractivity contribution is 5.87.